The lowest BCUT2D eigenvalue weighted by molar-refractivity contribution is 0.0756. The summed E-state index contributed by atoms with van der Waals surface area (Å²) in [7, 11) is -1.53. The Kier molecular flexibility index (Phi) is 6.25. The second-order valence-corrected chi connectivity index (χ2v) is 9.88. The zero-order valence-electron chi connectivity index (χ0n) is 16.7. The Morgan fingerprint density at radius 2 is 1.86 bits per heavy atom. The molecule has 28 heavy (non-hydrogen) atoms. The third-order valence-electron chi connectivity index (χ3n) is 5.62. The summed E-state index contributed by atoms with van der Waals surface area (Å²) in [6, 6.07) is 14.7. The molecule has 0 saturated carbocycles. The molecule has 1 heterocycles. The fourth-order valence-electron chi connectivity index (χ4n) is 3.63. The minimum absolute atomic E-state index is 0.0275. The van der Waals surface area contributed by atoms with E-state index >= 15 is 0 Å². The van der Waals surface area contributed by atoms with Crippen LogP contribution in [-0.4, -0.2) is 52.2 Å². The molecule has 0 bridgehead atoms. The van der Waals surface area contributed by atoms with Crippen molar-refractivity contribution >= 4 is 26.6 Å². The van der Waals surface area contributed by atoms with Crippen LogP contribution in [-0.2, 0) is 14.6 Å². The van der Waals surface area contributed by atoms with E-state index in [4.69, 9.17) is 4.74 Å². The van der Waals surface area contributed by atoms with Crippen LogP contribution in [0.5, 0.6) is 0 Å². The van der Waals surface area contributed by atoms with Crippen LogP contribution in [0.25, 0.3) is 10.8 Å². The Labute approximate surface area is 167 Å². The standard InChI is InChI=1S/C21H29N3O3S/c1-16(18-9-8-17-6-4-5-7-19(17)14-18)24-20(22-2)23-15-21(28(3,25)26)10-12-27-13-11-21/h4-9,14,16H,10-13,15H2,1-3H3,(H2,22,23,24). The smallest absolute Gasteiger partial charge is 0.191 e. The van der Waals surface area contributed by atoms with Crippen molar-refractivity contribution in [3.8, 4) is 0 Å². The Bertz CT molecular complexity index is 950. The fourth-order valence-corrected chi connectivity index (χ4v) is 4.87. The Balaban J connectivity index is 1.69. The van der Waals surface area contributed by atoms with Crippen molar-refractivity contribution in [3.05, 3.63) is 48.0 Å². The fraction of sp³-hybridized carbons (Fsp3) is 0.476. The predicted octanol–water partition coefficient (Wildman–Crippen LogP) is 2.66. The van der Waals surface area contributed by atoms with Crippen LogP contribution < -0.4 is 10.6 Å². The van der Waals surface area contributed by atoms with Crippen LogP contribution in [0.3, 0.4) is 0 Å². The van der Waals surface area contributed by atoms with Gasteiger partial charge in [-0.1, -0.05) is 36.4 Å². The first-order valence-corrected chi connectivity index (χ1v) is 11.5. The average molecular weight is 404 g/mol. The van der Waals surface area contributed by atoms with Crippen molar-refractivity contribution in [2.45, 2.75) is 30.6 Å². The van der Waals surface area contributed by atoms with Gasteiger partial charge in [0.05, 0.1) is 10.8 Å². The van der Waals surface area contributed by atoms with E-state index in [0.29, 0.717) is 38.6 Å². The zero-order valence-corrected chi connectivity index (χ0v) is 17.6. The first kappa shape index (κ1) is 20.6. The van der Waals surface area contributed by atoms with Gasteiger partial charge in [0.25, 0.3) is 0 Å². The normalized spacial score (nSPS) is 18.6. The van der Waals surface area contributed by atoms with Crippen molar-refractivity contribution in [3.63, 3.8) is 0 Å². The average Bonchev–Trinajstić information content (AvgIpc) is 2.70. The van der Waals surface area contributed by atoms with Gasteiger partial charge in [-0.15, -0.1) is 0 Å². The van der Waals surface area contributed by atoms with E-state index in [9.17, 15) is 8.42 Å². The quantitative estimate of drug-likeness (QED) is 0.593. The van der Waals surface area contributed by atoms with Gasteiger partial charge in [0.2, 0.25) is 0 Å². The Morgan fingerprint density at radius 1 is 1.18 bits per heavy atom. The number of guanidine groups is 1. The summed E-state index contributed by atoms with van der Waals surface area (Å²) in [5, 5.41) is 8.99. The summed E-state index contributed by atoms with van der Waals surface area (Å²) in [5.41, 5.74) is 1.14. The summed E-state index contributed by atoms with van der Waals surface area (Å²) in [5.74, 6) is 0.593. The van der Waals surface area contributed by atoms with E-state index in [0.717, 1.165) is 5.56 Å². The first-order chi connectivity index (χ1) is 13.3. The van der Waals surface area contributed by atoms with Crippen molar-refractivity contribution in [2.24, 2.45) is 4.99 Å². The van der Waals surface area contributed by atoms with E-state index in [2.05, 4.69) is 52.9 Å². The van der Waals surface area contributed by atoms with Crippen LogP contribution in [0.2, 0.25) is 0 Å². The van der Waals surface area contributed by atoms with Gasteiger partial charge in [-0.3, -0.25) is 4.99 Å². The van der Waals surface area contributed by atoms with Gasteiger partial charge in [0.15, 0.2) is 15.8 Å². The maximum atomic E-state index is 12.4. The van der Waals surface area contributed by atoms with Gasteiger partial charge in [0, 0.05) is 33.1 Å². The molecule has 0 aromatic heterocycles. The van der Waals surface area contributed by atoms with Crippen LogP contribution >= 0.6 is 0 Å². The third-order valence-corrected chi connectivity index (χ3v) is 7.74. The molecule has 1 fully saturated rings. The highest BCUT2D eigenvalue weighted by Crippen LogP contribution is 2.28. The molecule has 2 aromatic rings. The number of rotatable bonds is 5. The summed E-state index contributed by atoms with van der Waals surface area (Å²) >= 11 is 0. The molecule has 0 radical (unpaired) electrons. The lowest BCUT2D eigenvalue weighted by Crippen LogP contribution is -2.53. The molecule has 2 N–H and O–H groups in total. The van der Waals surface area contributed by atoms with Crippen LogP contribution in [0, 0.1) is 0 Å². The van der Waals surface area contributed by atoms with E-state index < -0.39 is 14.6 Å². The molecular weight excluding hydrogens is 374 g/mol. The number of ether oxygens (including phenoxy) is 1. The number of nitrogens with one attached hydrogen (secondary N) is 2. The SMILES string of the molecule is CN=C(NCC1(S(C)(=O)=O)CCOCC1)NC(C)c1ccc2ccccc2c1. The lowest BCUT2D eigenvalue weighted by Gasteiger charge is -2.36. The topological polar surface area (TPSA) is 79.8 Å². The van der Waals surface area contributed by atoms with Gasteiger partial charge in [-0.2, -0.15) is 0 Å². The summed E-state index contributed by atoms with van der Waals surface area (Å²) in [6.07, 6.45) is 2.31. The van der Waals surface area contributed by atoms with Gasteiger partial charge < -0.3 is 15.4 Å². The number of fused-ring (bicyclic) bond motifs is 1. The predicted molar refractivity (Wildman–Crippen MR) is 114 cm³/mol. The van der Waals surface area contributed by atoms with Gasteiger partial charge in [0.1, 0.15) is 0 Å². The molecule has 152 valence electrons. The number of sulfone groups is 1. The molecule has 7 heteroatoms. The van der Waals surface area contributed by atoms with Crippen LogP contribution in [0.15, 0.2) is 47.5 Å². The second-order valence-electron chi connectivity index (χ2n) is 7.47. The van der Waals surface area contributed by atoms with Gasteiger partial charge >= 0.3 is 0 Å². The number of benzene rings is 2. The molecule has 0 aliphatic carbocycles. The maximum Gasteiger partial charge on any atom is 0.191 e. The highest BCUT2D eigenvalue weighted by Gasteiger charge is 2.42. The van der Waals surface area contributed by atoms with Gasteiger partial charge in [-0.25, -0.2) is 8.42 Å². The highest BCUT2D eigenvalue weighted by atomic mass is 32.2. The summed E-state index contributed by atoms with van der Waals surface area (Å²) in [6.45, 7) is 3.32. The van der Waals surface area contributed by atoms with Crippen molar-refractivity contribution in [2.75, 3.05) is 33.1 Å². The Hall–Kier alpha value is -2.12. The van der Waals surface area contributed by atoms with Gasteiger partial charge in [-0.05, 0) is 42.2 Å². The zero-order chi connectivity index (χ0) is 20.2. The number of aliphatic imine (C=N–C) groups is 1. The number of nitrogens with zero attached hydrogens (tertiary/aromatic N) is 1. The van der Waals surface area contributed by atoms with E-state index in [1.807, 2.05) is 12.1 Å². The number of hydrogen-bond acceptors (Lipinski definition) is 4. The summed E-state index contributed by atoms with van der Waals surface area (Å²) < 4.78 is 29.4. The molecule has 1 unspecified atom stereocenters. The molecule has 0 amide bonds. The van der Waals surface area contributed by atoms with Crippen LogP contribution in [0.1, 0.15) is 31.4 Å². The molecule has 1 aliphatic heterocycles. The van der Waals surface area contributed by atoms with Crippen LogP contribution in [0.4, 0.5) is 0 Å². The molecule has 1 aliphatic rings. The highest BCUT2D eigenvalue weighted by molar-refractivity contribution is 7.92. The largest absolute Gasteiger partial charge is 0.381 e. The lowest BCUT2D eigenvalue weighted by atomic mass is 9.99. The maximum absolute atomic E-state index is 12.4. The second kappa shape index (κ2) is 8.49. The van der Waals surface area contributed by atoms with Crippen molar-refractivity contribution in [1.82, 2.24) is 10.6 Å². The monoisotopic (exact) mass is 403 g/mol. The number of hydrogen-bond donors (Lipinski definition) is 2. The molecule has 0 spiro atoms. The third kappa shape index (κ3) is 4.47. The molecule has 3 rings (SSSR count). The molecule has 6 nitrogen and oxygen atoms in total. The molecule has 1 saturated heterocycles. The molecule has 2 aromatic carbocycles. The minimum atomic E-state index is -3.22. The van der Waals surface area contributed by atoms with E-state index in [1.165, 1.54) is 17.0 Å². The Morgan fingerprint density at radius 3 is 2.50 bits per heavy atom. The first-order valence-electron chi connectivity index (χ1n) is 9.58. The van der Waals surface area contributed by atoms with E-state index in [1.54, 1.807) is 7.05 Å². The molecular formula is C21H29N3O3S. The van der Waals surface area contributed by atoms with E-state index in [-0.39, 0.29) is 6.04 Å². The summed E-state index contributed by atoms with van der Waals surface area (Å²) in [4.78, 5) is 4.28. The van der Waals surface area contributed by atoms with Crippen molar-refractivity contribution < 1.29 is 13.2 Å². The van der Waals surface area contributed by atoms with Crippen molar-refractivity contribution in [1.29, 1.82) is 0 Å². The minimum Gasteiger partial charge on any atom is -0.381 e. The molecule has 1 atom stereocenters.